The Hall–Kier alpha value is -3.14. The molecule has 176 valence electrons. The molecule has 3 aromatic rings. The third kappa shape index (κ3) is 5.44. The van der Waals surface area contributed by atoms with Gasteiger partial charge >= 0.3 is 0 Å². The Morgan fingerprint density at radius 3 is 1.42 bits per heavy atom. The lowest BCUT2D eigenvalue weighted by molar-refractivity contribution is 0.398. The molecule has 0 heterocycles. The lowest BCUT2D eigenvalue weighted by atomic mass is 9.84. The first-order valence-corrected chi connectivity index (χ1v) is 12.0. The largest absolute Gasteiger partial charge is 0.497 e. The highest BCUT2D eigenvalue weighted by molar-refractivity contribution is 5.57. The van der Waals surface area contributed by atoms with Crippen molar-refractivity contribution in [2.24, 2.45) is 0 Å². The third-order valence-electron chi connectivity index (χ3n) is 6.46. The Balaban J connectivity index is 2.12. The molecule has 0 radical (unpaired) electrons. The molecule has 0 fully saturated rings. The van der Waals surface area contributed by atoms with Crippen LogP contribution < -0.4 is 19.3 Å². The van der Waals surface area contributed by atoms with E-state index in [1.165, 1.54) is 22.5 Å². The van der Waals surface area contributed by atoms with Crippen LogP contribution >= 0.6 is 0 Å². The second-order valence-corrected chi connectivity index (χ2v) is 8.07. The molecular weight excluding hydrogens is 408 g/mol. The van der Waals surface area contributed by atoms with Gasteiger partial charge in [0.25, 0.3) is 0 Å². The van der Waals surface area contributed by atoms with E-state index < -0.39 is 0 Å². The number of hydrogen-bond donors (Lipinski definition) is 0. The van der Waals surface area contributed by atoms with Crippen LogP contribution in [-0.2, 0) is 0 Å². The van der Waals surface area contributed by atoms with E-state index in [4.69, 9.17) is 9.47 Å². The second kappa shape index (κ2) is 11.6. The number of ether oxygens (including phenoxy) is 2. The summed E-state index contributed by atoms with van der Waals surface area (Å²) >= 11 is 0. The molecule has 0 aliphatic heterocycles. The van der Waals surface area contributed by atoms with Gasteiger partial charge in [0.2, 0.25) is 0 Å². The number of benzene rings is 3. The van der Waals surface area contributed by atoms with Gasteiger partial charge in [-0.2, -0.15) is 0 Å². The van der Waals surface area contributed by atoms with E-state index in [0.29, 0.717) is 0 Å². The number of methoxy groups -OCH3 is 2. The molecule has 0 N–H and O–H groups in total. The summed E-state index contributed by atoms with van der Waals surface area (Å²) in [7, 11) is 3.44. The summed E-state index contributed by atoms with van der Waals surface area (Å²) in [4.78, 5) is 4.73. The number of anilines is 2. The van der Waals surface area contributed by atoms with Crippen LogP contribution in [0.1, 0.15) is 50.3 Å². The maximum Gasteiger partial charge on any atom is 0.123 e. The second-order valence-electron chi connectivity index (χ2n) is 8.07. The fraction of sp³-hybridized carbons (Fsp3) is 0.379. The van der Waals surface area contributed by atoms with Crippen molar-refractivity contribution in [1.82, 2.24) is 0 Å². The first-order chi connectivity index (χ1) is 16.1. The molecule has 4 nitrogen and oxygen atoms in total. The molecule has 0 unspecified atom stereocenters. The lowest BCUT2D eigenvalue weighted by Gasteiger charge is -2.25. The molecule has 33 heavy (non-hydrogen) atoms. The van der Waals surface area contributed by atoms with Crippen molar-refractivity contribution in [3.8, 4) is 11.5 Å². The van der Waals surface area contributed by atoms with E-state index in [1.807, 2.05) is 12.1 Å². The van der Waals surface area contributed by atoms with Gasteiger partial charge in [0.15, 0.2) is 0 Å². The van der Waals surface area contributed by atoms with Crippen LogP contribution in [-0.4, -0.2) is 40.4 Å². The zero-order valence-corrected chi connectivity index (χ0v) is 21.0. The van der Waals surface area contributed by atoms with Crippen LogP contribution in [0.25, 0.3) is 0 Å². The van der Waals surface area contributed by atoms with Gasteiger partial charge in [-0.25, -0.2) is 0 Å². The maximum absolute atomic E-state index is 5.79. The summed E-state index contributed by atoms with van der Waals surface area (Å²) in [5.41, 5.74) is 6.05. The molecule has 0 bridgehead atoms. The molecule has 3 rings (SSSR count). The minimum Gasteiger partial charge on any atom is -0.497 e. The quantitative estimate of drug-likeness (QED) is 0.311. The first kappa shape index (κ1) is 24.5. The van der Waals surface area contributed by atoms with Crippen LogP contribution in [0.15, 0.2) is 66.7 Å². The summed E-state index contributed by atoms with van der Waals surface area (Å²) in [6.07, 6.45) is 0. The average Bonchev–Trinajstić information content (AvgIpc) is 2.87. The fourth-order valence-corrected chi connectivity index (χ4v) is 4.55. The molecular formula is C29H38N2O2. The van der Waals surface area contributed by atoms with Gasteiger partial charge in [0, 0.05) is 49.0 Å². The summed E-state index contributed by atoms with van der Waals surface area (Å²) in [5, 5.41) is 0. The van der Waals surface area contributed by atoms with Gasteiger partial charge in [0.05, 0.1) is 14.2 Å². The minimum atomic E-state index is 0.0338. The van der Waals surface area contributed by atoms with Crippen LogP contribution in [0, 0.1) is 0 Å². The molecule has 0 atom stereocenters. The Bertz CT molecular complexity index is 936. The minimum absolute atomic E-state index is 0.0338. The van der Waals surface area contributed by atoms with Crippen LogP contribution in [0.5, 0.6) is 11.5 Å². The number of hydrogen-bond acceptors (Lipinski definition) is 4. The average molecular weight is 447 g/mol. The summed E-state index contributed by atoms with van der Waals surface area (Å²) < 4.78 is 11.4. The predicted molar refractivity (Wildman–Crippen MR) is 140 cm³/mol. The predicted octanol–water partition coefficient (Wildman–Crippen LogP) is 6.58. The van der Waals surface area contributed by atoms with E-state index in [1.54, 1.807) is 14.2 Å². The summed E-state index contributed by atoms with van der Waals surface area (Å²) in [6.45, 7) is 12.8. The lowest BCUT2D eigenvalue weighted by Crippen LogP contribution is -2.22. The van der Waals surface area contributed by atoms with Gasteiger partial charge in [-0.3, -0.25) is 0 Å². The SMILES string of the molecule is CCN(CC)c1ccc(C(c2ccc(N(CC)CC)cc2)c2cc(OC)ccc2OC)cc1. The topological polar surface area (TPSA) is 24.9 Å². The summed E-state index contributed by atoms with van der Waals surface area (Å²) in [6, 6.07) is 23.9. The molecule has 0 saturated heterocycles. The van der Waals surface area contributed by atoms with Crippen LogP contribution in [0.2, 0.25) is 0 Å². The molecule has 4 heteroatoms. The highest BCUT2D eigenvalue weighted by Crippen LogP contribution is 2.40. The van der Waals surface area contributed by atoms with Crippen molar-refractivity contribution in [1.29, 1.82) is 0 Å². The van der Waals surface area contributed by atoms with Crippen molar-refractivity contribution in [2.75, 3.05) is 50.2 Å². The van der Waals surface area contributed by atoms with Crippen molar-refractivity contribution < 1.29 is 9.47 Å². The van der Waals surface area contributed by atoms with Gasteiger partial charge in [0.1, 0.15) is 11.5 Å². The monoisotopic (exact) mass is 446 g/mol. The molecule has 0 aromatic heterocycles. The Labute approximate surface area is 199 Å². The van der Waals surface area contributed by atoms with E-state index in [9.17, 15) is 0 Å². The first-order valence-electron chi connectivity index (χ1n) is 12.0. The van der Waals surface area contributed by atoms with Crippen molar-refractivity contribution in [3.63, 3.8) is 0 Å². The highest BCUT2D eigenvalue weighted by atomic mass is 16.5. The van der Waals surface area contributed by atoms with Gasteiger partial charge in [-0.05, 0) is 81.3 Å². The molecule has 0 aliphatic carbocycles. The molecule has 0 saturated carbocycles. The third-order valence-corrected chi connectivity index (χ3v) is 6.46. The molecule has 0 aliphatic rings. The van der Waals surface area contributed by atoms with Crippen molar-refractivity contribution in [2.45, 2.75) is 33.6 Å². The highest BCUT2D eigenvalue weighted by Gasteiger charge is 2.22. The number of nitrogens with zero attached hydrogens (tertiary/aromatic N) is 2. The zero-order chi connectivity index (χ0) is 23.8. The maximum atomic E-state index is 5.79. The Kier molecular flexibility index (Phi) is 8.65. The summed E-state index contributed by atoms with van der Waals surface area (Å²) in [5.74, 6) is 1.73. The van der Waals surface area contributed by atoms with E-state index >= 15 is 0 Å². The molecule has 0 spiro atoms. The van der Waals surface area contributed by atoms with Crippen LogP contribution in [0.4, 0.5) is 11.4 Å². The standard InChI is InChI=1S/C29H38N2O2/c1-7-30(8-2)24-15-11-22(12-16-24)29(27-21-26(32-5)19-20-28(27)33-6)23-13-17-25(18-14-23)31(9-3)10-4/h11-21,29H,7-10H2,1-6H3. The Morgan fingerprint density at radius 1 is 0.606 bits per heavy atom. The van der Waals surface area contributed by atoms with Gasteiger partial charge in [-0.1, -0.05) is 24.3 Å². The fourth-order valence-electron chi connectivity index (χ4n) is 4.55. The number of rotatable bonds is 11. The van der Waals surface area contributed by atoms with Crippen molar-refractivity contribution in [3.05, 3.63) is 83.4 Å². The Morgan fingerprint density at radius 2 is 1.06 bits per heavy atom. The zero-order valence-electron chi connectivity index (χ0n) is 21.0. The van der Waals surface area contributed by atoms with E-state index in [0.717, 1.165) is 43.2 Å². The van der Waals surface area contributed by atoms with E-state index in [2.05, 4.69) is 92.1 Å². The van der Waals surface area contributed by atoms with Crippen molar-refractivity contribution >= 4 is 11.4 Å². The smallest absolute Gasteiger partial charge is 0.123 e. The van der Waals surface area contributed by atoms with Gasteiger partial charge < -0.3 is 19.3 Å². The molecule has 3 aromatic carbocycles. The molecule has 0 amide bonds. The normalized spacial score (nSPS) is 10.9. The van der Waals surface area contributed by atoms with Crippen LogP contribution in [0.3, 0.4) is 0 Å². The van der Waals surface area contributed by atoms with E-state index in [-0.39, 0.29) is 5.92 Å². The van der Waals surface area contributed by atoms with Gasteiger partial charge in [-0.15, -0.1) is 0 Å².